The van der Waals surface area contributed by atoms with E-state index < -0.39 is 11.8 Å². The normalized spacial score (nSPS) is 17.0. The maximum absolute atomic E-state index is 12.2. The molecule has 0 aromatic heterocycles. The molecule has 0 saturated carbocycles. The Balaban J connectivity index is 1.57. The largest absolute Gasteiger partial charge is 0.457 e. The van der Waals surface area contributed by atoms with Crippen LogP contribution in [0.4, 0.5) is 5.69 Å². The van der Waals surface area contributed by atoms with E-state index >= 15 is 0 Å². The highest BCUT2D eigenvalue weighted by molar-refractivity contribution is 6.39. The molecule has 2 amide bonds. The highest BCUT2D eigenvalue weighted by Gasteiger charge is 2.26. The molecule has 5 nitrogen and oxygen atoms in total. The summed E-state index contributed by atoms with van der Waals surface area (Å²) in [7, 11) is 0. The summed E-state index contributed by atoms with van der Waals surface area (Å²) in [4.78, 5) is 26.0. The third-order valence-electron chi connectivity index (χ3n) is 4.23. The number of ether oxygens (including phenoxy) is 1. The van der Waals surface area contributed by atoms with Gasteiger partial charge >= 0.3 is 11.8 Å². The fourth-order valence-corrected chi connectivity index (χ4v) is 2.93. The van der Waals surface area contributed by atoms with Crippen LogP contribution >= 0.6 is 0 Å². The molecule has 0 spiro atoms. The highest BCUT2D eigenvalue weighted by Crippen LogP contribution is 2.23. The first kappa shape index (κ1) is 17.0. The van der Waals surface area contributed by atoms with E-state index in [1.54, 1.807) is 29.2 Å². The Bertz CT molecular complexity index is 728. The minimum Gasteiger partial charge on any atom is -0.457 e. The highest BCUT2D eigenvalue weighted by atomic mass is 16.5. The first-order chi connectivity index (χ1) is 12.1. The maximum Gasteiger partial charge on any atom is 0.313 e. The Morgan fingerprint density at radius 2 is 1.72 bits per heavy atom. The molecule has 1 aliphatic rings. The zero-order valence-electron chi connectivity index (χ0n) is 14.3. The summed E-state index contributed by atoms with van der Waals surface area (Å²) in [6, 6.07) is 16.4. The van der Waals surface area contributed by atoms with Crippen LogP contribution in [-0.4, -0.2) is 29.8 Å². The van der Waals surface area contributed by atoms with Gasteiger partial charge in [-0.05, 0) is 55.2 Å². The van der Waals surface area contributed by atoms with Crippen LogP contribution < -0.4 is 10.1 Å². The first-order valence-corrected chi connectivity index (χ1v) is 8.55. The SMILES string of the molecule is CC1CCCN(C(=O)C(=O)Nc2ccc(Oc3ccccc3)cc2)C1. The van der Waals surface area contributed by atoms with E-state index in [-0.39, 0.29) is 0 Å². The van der Waals surface area contributed by atoms with Gasteiger partial charge in [-0.3, -0.25) is 9.59 Å². The average molecular weight is 338 g/mol. The molecule has 0 bridgehead atoms. The van der Waals surface area contributed by atoms with Gasteiger partial charge in [0, 0.05) is 18.8 Å². The van der Waals surface area contributed by atoms with Gasteiger partial charge in [-0.2, -0.15) is 0 Å². The minimum atomic E-state index is -0.592. The molecule has 1 heterocycles. The number of carbonyl (C=O) groups is 2. The number of hydrogen-bond donors (Lipinski definition) is 1. The van der Waals surface area contributed by atoms with Crippen molar-refractivity contribution in [1.29, 1.82) is 0 Å². The van der Waals surface area contributed by atoms with Crippen molar-refractivity contribution < 1.29 is 14.3 Å². The Morgan fingerprint density at radius 1 is 1.04 bits per heavy atom. The van der Waals surface area contributed by atoms with Gasteiger partial charge in [-0.15, -0.1) is 0 Å². The smallest absolute Gasteiger partial charge is 0.313 e. The predicted molar refractivity (Wildman–Crippen MR) is 96.6 cm³/mol. The number of piperidine rings is 1. The van der Waals surface area contributed by atoms with E-state index in [4.69, 9.17) is 4.74 Å². The van der Waals surface area contributed by atoms with Gasteiger partial charge in [0.2, 0.25) is 0 Å². The van der Waals surface area contributed by atoms with Crippen LogP contribution in [0.1, 0.15) is 19.8 Å². The molecule has 1 N–H and O–H groups in total. The average Bonchev–Trinajstić information content (AvgIpc) is 2.63. The van der Waals surface area contributed by atoms with Crippen molar-refractivity contribution in [2.24, 2.45) is 5.92 Å². The van der Waals surface area contributed by atoms with Crippen molar-refractivity contribution in [2.75, 3.05) is 18.4 Å². The van der Waals surface area contributed by atoms with Crippen LogP contribution in [0.3, 0.4) is 0 Å². The second-order valence-corrected chi connectivity index (χ2v) is 6.39. The summed E-state index contributed by atoms with van der Waals surface area (Å²) in [5.74, 6) is 0.802. The van der Waals surface area contributed by atoms with E-state index in [9.17, 15) is 9.59 Å². The summed E-state index contributed by atoms with van der Waals surface area (Å²) in [5.41, 5.74) is 0.573. The monoisotopic (exact) mass is 338 g/mol. The fraction of sp³-hybridized carbons (Fsp3) is 0.300. The van der Waals surface area contributed by atoms with E-state index in [0.717, 1.165) is 18.6 Å². The zero-order chi connectivity index (χ0) is 17.6. The number of benzene rings is 2. The number of likely N-dealkylation sites (tertiary alicyclic amines) is 1. The maximum atomic E-state index is 12.2. The second kappa shape index (κ2) is 7.83. The molecule has 1 fully saturated rings. The van der Waals surface area contributed by atoms with Gasteiger partial charge in [-0.25, -0.2) is 0 Å². The summed E-state index contributed by atoms with van der Waals surface area (Å²) in [5, 5.41) is 2.66. The van der Waals surface area contributed by atoms with Crippen molar-refractivity contribution in [3.63, 3.8) is 0 Å². The lowest BCUT2D eigenvalue weighted by atomic mass is 10.0. The number of nitrogens with one attached hydrogen (secondary N) is 1. The number of amides is 2. The molecule has 0 aliphatic carbocycles. The topological polar surface area (TPSA) is 58.6 Å². The lowest BCUT2D eigenvalue weighted by Gasteiger charge is -2.30. The van der Waals surface area contributed by atoms with E-state index in [0.29, 0.717) is 30.4 Å². The van der Waals surface area contributed by atoms with Crippen LogP contribution in [0.25, 0.3) is 0 Å². The molecule has 5 heteroatoms. The molecule has 3 rings (SSSR count). The van der Waals surface area contributed by atoms with Crippen LogP contribution in [0, 0.1) is 5.92 Å². The standard InChI is InChI=1S/C20H22N2O3/c1-15-6-5-13-22(14-15)20(24)19(23)21-16-9-11-18(12-10-16)25-17-7-3-2-4-8-17/h2-4,7-12,15H,5-6,13-14H2,1H3,(H,21,23). The molecule has 1 unspecified atom stereocenters. The van der Waals surface area contributed by atoms with Gasteiger partial charge in [-0.1, -0.05) is 25.1 Å². The number of hydrogen-bond acceptors (Lipinski definition) is 3. The first-order valence-electron chi connectivity index (χ1n) is 8.55. The Hall–Kier alpha value is -2.82. The number of anilines is 1. The number of para-hydroxylation sites is 1. The van der Waals surface area contributed by atoms with Crippen molar-refractivity contribution >= 4 is 17.5 Å². The zero-order valence-corrected chi connectivity index (χ0v) is 14.3. The molecule has 0 radical (unpaired) electrons. The number of carbonyl (C=O) groups excluding carboxylic acids is 2. The molecular formula is C20H22N2O3. The molecule has 1 atom stereocenters. The van der Waals surface area contributed by atoms with Gasteiger partial charge < -0.3 is 15.0 Å². The Kier molecular flexibility index (Phi) is 5.33. The van der Waals surface area contributed by atoms with E-state index in [2.05, 4.69) is 12.2 Å². The van der Waals surface area contributed by atoms with Gasteiger partial charge in [0.05, 0.1) is 0 Å². The second-order valence-electron chi connectivity index (χ2n) is 6.39. The molecule has 1 aliphatic heterocycles. The third-order valence-corrected chi connectivity index (χ3v) is 4.23. The van der Waals surface area contributed by atoms with Gasteiger partial charge in [0.1, 0.15) is 11.5 Å². The molecule has 2 aromatic rings. The van der Waals surface area contributed by atoms with Crippen molar-refractivity contribution in [3.05, 3.63) is 54.6 Å². The van der Waals surface area contributed by atoms with Crippen molar-refractivity contribution in [2.45, 2.75) is 19.8 Å². The Labute approximate surface area is 147 Å². The molecular weight excluding hydrogens is 316 g/mol. The summed E-state index contributed by atoms with van der Waals surface area (Å²) >= 11 is 0. The number of rotatable bonds is 3. The van der Waals surface area contributed by atoms with E-state index in [1.807, 2.05) is 30.3 Å². The molecule has 2 aromatic carbocycles. The molecule has 1 saturated heterocycles. The predicted octanol–water partition coefficient (Wildman–Crippen LogP) is 3.68. The molecule has 25 heavy (non-hydrogen) atoms. The summed E-state index contributed by atoms with van der Waals surface area (Å²) in [6.07, 6.45) is 2.06. The van der Waals surface area contributed by atoms with Gasteiger partial charge in [0.25, 0.3) is 0 Å². The summed E-state index contributed by atoms with van der Waals surface area (Å²) in [6.45, 7) is 3.40. The van der Waals surface area contributed by atoms with Crippen LogP contribution in [0.2, 0.25) is 0 Å². The Morgan fingerprint density at radius 3 is 2.40 bits per heavy atom. The van der Waals surface area contributed by atoms with Crippen LogP contribution in [0.15, 0.2) is 54.6 Å². The third kappa shape index (κ3) is 4.59. The lowest BCUT2D eigenvalue weighted by molar-refractivity contribution is -0.144. The van der Waals surface area contributed by atoms with Crippen molar-refractivity contribution in [3.8, 4) is 11.5 Å². The van der Waals surface area contributed by atoms with Crippen molar-refractivity contribution in [1.82, 2.24) is 4.90 Å². The summed E-state index contributed by atoms with van der Waals surface area (Å²) < 4.78 is 5.70. The quantitative estimate of drug-likeness (QED) is 0.869. The number of nitrogens with zero attached hydrogens (tertiary/aromatic N) is 1. The fourth-order valence-electron chi connectivity index (χ4n) is 2.93. The molecule has 130 valence electrons. The van der Waals surface area contributed by atoms with Crippen LogP contribution in [-0.2, 0) is 9.59 Å². The lowest BCUT2D eigenvalue weighted by Crippen LogP contribution is -2.44. The van der Waals surface area contributed by atoms with Gasteiger partial charge in [0.15, 0.2) is 0 Å². The van der Waals surface area contributed by atoms with Crippen LogP contribution in [0.5, 0.6) is 11.5 Å². The minimum absolute atomic E-state index is 0.444. The van der Waals surface area contributed by atoms with E-state index in [1.165, 1.54) is 0 Å².